The van der Waals surface area contributed by atoms with Gasteiger partial charge in [-0.05, 0) is 51.0 Å². The normalized spacial score (nSPS) is 10.4. The topological polar surface area (TPSA) is 70.4 Å². The van der Waals surface area contributed by atoms with Crippen LogP contribution in [0, 0.1) is 13.8 Å². The van der Waals surface area contributed by atoms with Gasteiger partial charge in [-0.2, -0.15) is 5.10 Å². The van der Waals surface area contributed by atoms with E-state index in [1.807, 2.05) is 20.8 Å². The summed E-state index contributed by atoms with van der Waals surface area (Å²) >= 11 is 0. The van der Waals surface area contributed by atoms with Gasteiger partial charge in [0.05, 0.1) is 17.9 Å². The number of benzene rings is 1. The van der Waals surface area contributed by atoms with Gasteiger partial charge in [-0.3, -0.25) is 4.79 Å². The van der Waals surface area contributed by atoms with Gasteiger partial charge in [-0.1, -0.05) is 13.0 Å². The summed E-state index contributed by atoms with van der Waals surface area (Å²) in [5.41, 5.74) is 3.06. The summed E-state index contributed by atoms with van der Waals surface area (Å²) in [5.74, 6) is -0.127. The third-order valence-electron chi connectivity index (χ3n) is 3.92. The van der Waals surface area contributed by atoms with E-state index >= 15 is 0 Å². The summed E-state index contributed by atoms with van der Waals surface area (Å²) in [5, 5.41) is 4.28. The maximum atomic E-state index is 12.4. The van der Waals surface area contributed by atoms with Crippen LogP contribution in [0.5, 0.6) is 5.75 Å². The monoisotopic (exact) mass is 356 g/mol. The second-order valence-corrected chi connectivity index (χ2v) is 5.90. The third-order valence-corrected chi connectivity index (χ3v) is 3.92. The standard InChI is InChI=1S/C20H24N2O4/c1-5-7-18-14(3)21-22(15(18)4)19(23)13-26-17-10-8-16(9-11-17)20(24)25-12-6-2/h5,8-11H,1,6-7,12-13H2,2-4H3. The van der Waals surface area contributed by atoms with Crippen LogP contribution in [0.2, 0.25) is 0 Å². The number of aryl methyl sites for hydroxylation is 1. The summed E-state index contributed by atoms with van der Waals surface area (Å²) in [6.45, 7) is 9.63. The molecule has 0 spiro atoms. The molecule has 0 amide bonds. The Hall–Kier alpha value is -2.89. The van der Waals surface area contributed by atoms with Gasteiger partial charge in [0.1, 0.15) is 5.75 Å². The van der Waals surface area contributed by atoms with E-state index in [1.54, 1.807) is 30.3 Å². The second-order valence-electron chi connectivity index (χ2n) is 5.90. The Morgan fingerprint density at radius 2 is 1.92 bits per heavy atom. The number of rotatable bonds is 8. The molecule has 6 heteroatoms. The maximum absolute atomic E-state index is 12.4. The molecule has 2 rings (SSSR count). The highest BCUT2D eigenvalue weighted by molar-refractivity contribution is 5.89. The molecular formula is C20H24N2O4. The largest absolute Gasteiger partial charge is 0.484 e. The van der Waals surface area contributed by atoms with Crippen LogP contribution in [0.1, 0.15) is 45.4 Å². The first-order valence-corrected chi connectivity index (χ1v) is 8.57. The van der Waals surface area contributed by atoms with Crippen molar-refractivity contribution in [2.75, 3.05) is 13.2 Å². The predicted molar refractivity (Wildman–Crippen MR) is 98.7 cm³/mol. The second kappa shape index (κ2) is 8.99. The van der Waals surface area contributed by atoms with Gasteiger partial charge in [0.15, 0.2) is 6.61 Å². The van der Waals surface area contributed by atoms with Gasteiger partial charge in [0.2, 0.25) is 0 Å². The van der Waals surface area contributed by atoms with Crippen LogP contribution in [-0.2, 0) is 11.2 Å². The zero-order valence-corrected chi connectivity index (χ0v) is 15.4. The van der Waals surface area contributed by atoms with Crippen molar-refractivity contribution < 1.29 is 19.1 Å². The number of allylic oxidation sites excluding steroid dienone is 1. The summed E-state index contributed by atoms with van der Waals surface area (Å²) in [6, 6.07) is 6.51. The molecule has 26 heavy (non-hydrogen) atoms. The highest BCUT2D eigenvalue weighted by atomic mass is 16.5. The molecule has 0 saturated carbocycles. The van der Waals surface area contributed by atoms with E-state index in [0.29, 0.717) is 24.3 Å². The van der Waals surface area contributed by atoms with Gasteiger partial charge in [-0.25, -0.2) is 9.48 Å². The fourth-order valence-corrected chi connectivity index (χ4v) is 2.53. The third kappa shape index (κ3) is 4.59. The predicted octanol–water partition coefficient (Wildman–Crippen LogP) is 3.51. The van der Waals surface area contributed by atoms with E-state index in [0.717, 1.165) is 23.4 Å². The Morgan fingerprint density at radius 3 is 2.54 bits per heavy atom. The average molecular weight is 356 g/mol. The molecule has 1 heterocycles. The lowest BCUT2D eigenvalue weighted by atomic mass is 10.1. The Bertz CT molecular complexity index is 791. The summed E-state index contributed by atoms with van der Waals surface area (Å²) < 4.78 is 12.0. The van der Waals surface area contributed by atoms with Gasteiger partial charge in [-0.15, -0.1) is 6.58 Å². The van der Waals surface area contributed by atoms with Gasteiger partial charge < -0.3 is 9.47 Å². The smallest absolute Gasteiger partial charge is 0.338 e. The summed E-state index contributed by atoms with van der Waals surface area (Å²) in [4.78, 5) is 24.1. The lowest BCUT2D eigenvalue weighted by molar-refractivity contribution is 0.0504. The molecule has 0 bridgehead atoms. The molecule has 0 saturated heterocycles. The average Bonchev–Trinajstić information content (AvgIpc) is 2.93. The molecule has 0 radical (unpaired) electrons. The van der Waals surface area contributed by atoms with Crippen LogP contribution in [0.3, 0.4) is 0 Å². The van der Waals surface area contributed by atoms with Crippen molar-refractivity contribution in [3.05, 3.63) is 59.4 Å². The van der Waals surface area contributed by atoms with Crippen molar-refractivity contribution in [2.24, 2.45) is 0 Å². The van der Waals surface area contributed by atoms with Crippen LogP contribution in [0.15, 0.2) is 36.9 Å². The highest BCUT2D eigenvalue weighted by Crippen LogP contribution is 2.16. The van der Waals surface area contributed by atoms with E-state index in [9.17, 15) is 9.59 Å². The molecule has 0 aliphatic rings. The van der Waals surface area contributed by atoms with Crippen LogP contribution < -0.4 is 4.74 Å². The zero-order chi connectivity index (χ0) is 19.1. The first-order valence-electron chi connectivity index (χ1n) is 8.57. The van der Waals surface area contributed by atoms with E-state index in [4.69, 9.17) is 9.47 Å². The Morgan fingerprint density at radius 1 is 1.23 bits per heavy atom. The molecule has 1 aromatic heterocycles. The van der Waals surface area contributed by atoms with Gasteiger partial charge >= 0.3 is 5.97 Å². The quantitative estimate of drug-likeness (QED) is 0.535. The molecule has 2 aromatic rings. The van der Waals surface area contributed by atoms with Crippen molar-refractivity contribution in [1.29, 1.82) is 0 Å². The number of carbonyl (C=O) groups excluding carboxylic acids is 2. The van der Waals surface area contributed by atoms with E-state index in [-0.39, 0.29) is 18.5 Å². The maximum Gasteiger partial charge on any atom is 0.338 e. The molecular weight excluding hydrogens is 332 g/mol. The van der Waals surface area contributed by atoms with Crippen LogP contribution in [-0.4, -0.2) is 34.9 Å². The van der Waals surface area contributed by atoms with Crippen molar-refractivity contribution in [2.45, 2.75) is 33.6 Å². The van der Waals surface area contributed by atoms with Crippen molar-refractivity contribution in [1.82, 2.24) is 9.78 Å². The summed E-state index contributed by atoms with van der Waals surface area (Å²) in [7, 11) is 0. The van der Waals surface area contributed by atoms with Crippen LogP contribution in [0.4, 0.5) is 0 Å². The van der Waals surface area contributed by atoms with Gasteiger partial charge in [0, 0.05) is 11.3 Å². The Balaban J connectivity index is 1.98. The first kappa shape index (κ1) is 19.4. The molecule has 0 aliphatic heterocycles. The van der Waals surface area contributed by atoms with Crippen LogP contribution >= 0.6 is 0 Å². The lowest BCUT2D eigenvalue weighted by Gasteiger charge is -2.08. The number of carbonyl (C=O) groups is 2. The van der Waals surface area contributed by atoms with Crippen molar-refractivity contribution in [3.63, 3.8) is 0 Å². The van der Waals surface area contributed by atoms with E-state index in [1.165, 1.54) is 4.68 Å². The molecule has 0 aliphatic carbocycles. The fourth-order valence-electron chi connectivity index (χ4n) is 2.53. The lowest BCUT2D eigenvalue weighted by Crippen LogP contribution is -2.21. The van der Waals surface area contributed by atoms with Gasteiger partial charge in [0.25, 0.3) is 5.91 Å². The molecule has 6 nitrogen and oxygen atoms in total. The van der Waals surface area contributed by atoms with E-state index < -0.39 is 0 Å². The van der Waals surface area contributed by atoms with Crippen molar-refractivity contribution >= 4 is 11.9 Å². The number of ether oxygens (including phenoxy) is 2. The first-order chi connectivity index (χ1) is 12.5. The minimum Gasteiger partial charge on any atom is -0.484 e. The number of hydrogen-bond donors (Lipinski definition) is 0. The van der Waals surface area contributed by atoms with Crippen LogP contribution in [0.25, 0.3) is 0 Å². The molecule has 0 unspecified atom stereocenters. The molecule has 0 atom stereocenters. The highest BCUT2D eigenvalue weighted by Gasteiger charge is 2.16. The molecule has 1 aromatic carbocycles. The molecule has 0 N–H and O–H groups in total. The SMILES string of the molecule is C=CCc1c(C)nn(C(=O)COc2ccc(C(=O)OCCC)cc2)c1C. The number of aromatic nitrogens is 2. The minimum absolute atomic E-state index is 0.144. The van der Waals surface area contributed by atoms with Crippen molar-refractivity contribution in [3.8, 4) is 5.75 Å². The number of hydrogen-bond acceptors (Lipinski definition) is 5. The van der Waals surface area contributed by atoms with E-state index in [2.05, 4.69) is 11.7 Å². The molecule has 0 fully saturated rings. The fraction of sp³-hybridized carbons (Fsp3) is 0.350. The number of nitrogens with zero attached hydrogens (tertiary/aromatic N) is 2. The summed E-state index contributed by atoms with van der Waals surface area (Å²) in [6.07, 6.45) is 3.23. The Labute approximate surface area is 153 Å². The Kier molecular flexibility index (Phi) is 6.72. The zero-order valence-electron chi connectivity index (χ0n) is 15.4. The minimum atomic E-state index is -0.369. The number of esters is 1. The molecule has 138 valence electrons.